The molecule has 0 saturated carbocycles. The second kappa shape index (κ2) is 13.2. The molecule has 6 heteroatoms. The van der Waals surface area contributed by atoms with Crippen LogP contribution in [-0.4, -0.2) is 55.6 Å². The lowest BCUT2D eigenvalue weighted by Crippen LogP contribution is -2.43. The van der Waals surface area contributed by atoms with Crippen LogP contribution in [0.25, 0.3) is 0 Å². The maximum atomic E-state index is 12.9. The normalized spacial score (nSPS) is 17.2. The minimum absolute atomic E-state index is 0.202. The molecule has 1 aromatic carbocycles. The Balaban J connectivity index is 1.60. The Bertz CT molecular complexity index is 765. The summed E-state index contributed by atoms with van der Waals surface area (Å²) in [4.78, 5) is 14.9. The lowest BCUT2D eigenvalue weighted by Gasteiger charge is -2.39. The first-order chi connectivity index (χ1) is 16.7. The second-order valence-electron chi connectivity index (χ2n) is 10.7. The summed E-state index contributed by atoms with van der Waals surface area (Å²) >= 11 is 0. The Morgan fingerprint density at radius 1 is 0.857 bits per heavy atom. The Hall–Kier alpha value is -1.47. The molecule has 1 aliphatic carbocycles. The van der Waals surface area contributed by atoms with Gasteiger partial charge in [-0.15, -0.1) is 0 Å². The first kappa shape index (κ1) is 28.1. The van der Waals surface area contributed by atoms with Crippen molar-refractivity contribution in [3.05, 3.63) is 34.4 Å². The van der Waals surface area contributed by atoms with Crippen LogP contribution in [0.5, 0.6) is 0 Å². The van der Waals surface area contributed by atoms with Crippen LogP contribution in [-0.2, 0) is 49.8 Å². The van der Waals surface area contributed by atoms with Gasteiger partial charge in [0.05, 0.1) is 25.4 Å². The van der Waals surface area contributed by atoms with Gasteiger partial charge in [0.25, 0.3) is 0 Å². The molecule has 1 saturated heterocycles. The van der Waals surface area contributed by atoms with E-state index in [2.05, 4.69) is 39.8 Å². The van der Waals surface area contributed by atoms with E-state index in [-0.39, 0.29) is 29.8 Å². The highest BCUT2D eigenvalue weighted by Crippen LogP contribution is 2.45. The molecule has 2 aliphatic rings. The first-order valence-electron chi connectivity index (χ1n) is 13.6. The molecule has 1 spiro atoms. The highest BCUT2D eigenvalue weighted by Gasteiger charge is 2.41. The van der Waals surface area contributed by atoms with Crippen molar-refractivity contribution in [3.8, 4) is 0 Å². The molecule has 1 amide bonds. The van der Waals surface area contributed by atoms with Crippen LogP contribution in [0.3, 0.4) is 0 Å². The first-order valence-corrected chi connectivity index (χ1v) is 13.6. The van der Waals surface area contributed by atoms with Gasteiger partial charge in [0.1, 0.15) is 0 Å². The fraction of sp³-hybridized carbons (Fsp3) is 0.759. The fourth-order valence-electron chi connectivity index (χ4n) is 5.34. The third-order valence-corrected chi connectivity index (χ3v) is 7.27. The van der Waals surface area contributed by atoms with Gasteiger partial charge in [-0.05, 0) is 94.9 Å². The van der Waals surface area contributed by atoms with Crippen molar-refractivity contribution in [2.75, 3.05) is 26.3 Å². The number of likely N-dealkylation sites (tertiary alicyclic amines) is 1. The van der Waals surface area contributed by atoms with E-state index in [1.165, 1.54) is 22.3 Å². The van der Waals surface area contributed by atoms with Crippen molar-refractivity contribution in [2.45, 2.75) is 112 Å². The monoisotopic (exact) mass is 489 g/mol. The highest BCUT2D eigenvalue weighted by atomic mass is 16.7. The minimum atomic E-state index is -0.280. The molecular formula is C29H47NO5. The van der Waals surface area contributed by atoms with E-state index in [4.69, 9.17) is 18.9 Å². The van der Waals surface area contributed by atoms with Crippen LogP contribution >= 0.6 is 0 Å². The maximum Gasteiger partial charge on any atom is 0.222 e. The maximum absolute atomic E-state index is 12.9. The lowest BCUT2D eigenvalue weighted by molar-refractivity contribution is -0.150. The molecule has 1 aromatic rings. The van der Waals surface area contributed by atoms with Gasteiger partial charge in [-0.25, -0.2) is 0 Å². The van der Waals surface area contributed by atoms with Crippen LogP contribution in [0, 0.1) is 5.41 Å². The van der Waals surface area contributed by atoms with Gasteiger partial charge >= 0.3 is 0 Å². The fourth-order valence-corrected chi connectivity index (χ4v) is 5.34. The molecule has 3 rings (SSSR count). The largest absolute Gasteiger partial charge is 0.374 e. The van der Waals surface area contributed by atoms with E-state index in [0.29, 0.717) is 39.3 Å². The average molecular weight is 490 g/mol. The van der Waals surface area contributed by atoms with E-state index >= 15 is 0 Å². The number of rotatable bonds is 13. The lowest BCUT2D eigenvalue weighted by atomic mass is 9.76. The zero-order chi connectivity index (χ0) is 25.4. The predicted octanol–water partition coefficient (Wildman–Crippen LogP) is 5.42. The van der Waals surface area contributed by atoms with Gasteiger partial charge in [-0.2, -0.15) is 0 Å². The van der Waals surface area contributed by atoms with Gasteiger partial charge in [0.15, 0.2) is 6.29 Å². The van der Waals surface area contributed by atoms with Crippen LogP contribution in [0.4, 0.5) is 0 Å². The number of hydrogen-bond donors (Lipinski definition) is 0. The molecule has 0 N–H and O–H groups in total. The number of carbonyl (C=O) groups is 1. The van der Waals surface area contributed by atoms with E-state index in [9.17, 15) is 4.79 Å². The summed E-state index contributed by atoms with van der Waals surface area (Å²) in [6.07, 6.45) is 5.54. The molecule has 0 atom stereocenters. The standard InChI is InChI=1S/C29H47NO5/c1-7-32-28(33-8-2)10-9-27(31)30-13-11-29(12-14-30)17-23-15-25(19-34-21(3)4)26(16-24(23)18-29)20-35-22(5)6/h15-16,21-22,28H,7-14,17-20H2,1-6H3. The Labute approximate surface area is 212 Å². The average Bonchev–Trinajstić information content (AvgIpc) is 3.16. The van der Waals surface area contributed by atoms with Crippen molar-refractivity contribution in [3.63, 3.8) is 0 Å². The molecule has 1 aliphatic heterocycles. The number of ether oxygens (including phenoxy) is 4. The molecule has 35 heavy (non-hydrogen) atoms. The van der Waals surface area contributed by atoms with Crippen molar-refractivity contribution < 1.29 is 23.7 Å². The second-order valence-corrected chi connectivity index (χ2v) is 10.7. The highest BCUT2D eigenvalue weighted by molar-refractivity contribution is 5.76. The Morgan fingerprint density at radius 3 is 1.77 bits per heavy atom. The summed E-state index contributed by atoms with van der Waals surface area (Å²) in [6.45, 7) is 16.4. The third-order valence-electron chi connectivity index (χ3n) is 7.27. The van der Waals surface area contributed by atoms with E-state index in [0.717, 1.165) is 38.8 Å². The third kappa shape index (κ3) is 8.01. The summed E-state index contributed by atoms with van der Waals surface area (Å²) in [5, 5.41) is 0. The number of benzene rings is 1. The summed E-state index contributed by atoms with van der Waals surface area (Å²) < 4.78 is 23.1. The van der Waals surface area contributed by atoms with Crippen LogP contribution in [0.15, 0.2) is 12.1 Å². The zero-order valence-electron chi connectivity index (χ0n) is 22.9. The number of nitrogens with zero attached hydrogens (tertiary/aromatic N) is 1. The zero-order valence-corrected chi connectivity index (χ0v) is 22.9. The summed E-state index contributed by atoms with van der Waals surface area (Å²) in [7, 11) is 0. The molecule has 1 heterocycles. The smallest absolute Gasteiger partial charge is 0.222 e. The van der Waals surface area contributed by atoms with Crippen molar-refractivity contribution >= 4 is 5.91 Å². The van der Waals surface area contributed by atoms with Crippen LogP contribution in [0.2, 0.25) is 0 Å². The number of amides is 1. The number of piperidine rings is 1. The van der Waals surface area contributed by atoms with E-state index in [1.54, 1.807) is 0 Å². The van der Waals surface area contributed by atoms with Gasteiger partial charge in [0, 0.05) is 39.1 Å². The molecule has 198 valence electrons. The summed E-state index contributed by atoms with van der Waals surface area (Å²) in [6, 6.07) is 4.73. The molecular weight excluding hydrogens is 442 g/mol. The number of hydrogen-bond acceptors (Lipinski definition) is 5. The van der Waals surface area contributed by atoms with Gasteiger partial charge in [0.2, 0.25) is 5.91 Å². The number of carbonyl (C=O) groups excluding carboxylic acids is 1. The predicted molar refractivity (Wildman–Crippen MR) is 138 cm³/mol. The van der Waals surface area contributed by atoms with Crippen molar-refractivity contribution in [2.24, 2.45) is 5.41 Å². The van der Waals surface area contributed by atoms with Gasteiger partial charge in [-0.3, -0.25) is 4.79 Å². The molecule has 0 aromatic heterocycles. The van der Waals surface area contributed by atoms with E-state index in [1.807, 2.05) is 18.7 Å². The van der Waals surface area contributed by atoms with Gasteiger partial charge < -0.3 is 23.8 Å². The van der Waals surface area contributed by atoms with E-state index < -0.39 is 0 Å². The SMILES string of the molecule is CCOC(CCC(=O)N1CCC2(CC1)Cc1cc(COC(C)C)c(COC(C)C)cc1C2)OCC. The van der Waals surface area contributed by atoms with Crippen LogP contribution < -0.4 is 0 Å². The molecule has 1 fully saturated rings. The van der Waals surface area contributed by atoms with Crippen molar-refractivity contribution in [1.82, 2.24) is 4.90 Å². The summed E-state index contributed by atoms with van der Waals surface area (Å²) in [5.41, 5.74) is 5.68. The minimum Gasteiger partial charge on any atom is -0.374 e. The summed E-state index contributed by atoms with van der Waals surface area (Å²) in [5.74, 6) is 0.223. The Kier molecular flexibility index (Phi) is 10.6. The van der Waals surface area contributed by atoms with Gasteiger partial charge in [-0.1, -0.05) is 12.1 Å². The molecule has 0 bridgehead atoms. The van der Waals surface area contributed by atoms with Crippen molar-refractivity contribution in [1.29, 1.82) is 0 Å². The quantitative estimate of drug-likeness (QED) is 0.346. The topological polar surface area (TPSA) is 57.2 Å². The Morgan fingerprint density at radius 2 is 1.34 bits per heavy atom. The molecule has 6 nitrogen and oxygen atoms in total. The van der Waals surface area contributed by atoms with Crippen LogP contribution in [0.1, 0.15) is 89.5 Å². The number of fused-ring (bicyclic) bond motifs is 1. The molecule has 0 unspecified atom stereocenters. The molecule has 0 radical (unpaired) electrons.